The van der Waals surface area contributed by atoms with E-state index in [1.54, 1.807) is 0 Å². The Balaban J connectivity index is 2.03. The van der Waals surface area contributed by atoms with Gasteiger partial charge in [0.2, 0.25) is 0 Å². The smallest absolute Gasteiger partial charge is 0.0564 e. The molecule has 3 heteroatoms. The lowest BCUT2D eigenvalue weighted by molar-refractivity contribution is 0.0841. The SMILES string of the molecule is CCC1(C)CCN(C(CN)c2ccc(C)s2)CC1. The van der Waals surface area contributed by atoms with Crippen molar-refractivity contribution in [2.75, 3.05) is 19.6 Å². The van der Waals surface area contributed by atoms with Crippen LogP contribution in [0.3, 0.4) is 0 Å². The lowest BCUT2D eigenvalue weighted by Crippen LogP contribution is -2.42. The van der Waals surface area contributed by atoms with E-state index in [2.05, 4.69) is 37.8 Å². The Labute approximate surface area is 115 Å². The van der Waals surface area contributed by atoms with Crippen LogP contribution < -0.4 is 5.73 Å². The lowest BCUT2D eigenvalue weighted by Gasteiger charge is -2.42. The number of nitrogens with zero attached hydrogens (tertiary/aromatic N) is 1. The van der Waals surface area contributed by atoms with Crippen LogP contribution in [0.5, 0.6) is 0 Å². The number of nitrogens with two attached hydrogens (primary N) is 1. The normalized spacial score (nSPS) is 22.0. The van der Waals surface area contributed by atoms with Crippen LogP contribution in [-0.2, 0) is 0 Å². The molecule has 1 aliphatic rings. The van der Waals surface area contributed by atoms with Gasteiger partial charge in [-0.05, 0) is 50.4 Å². The second-order valence-corrected chi connectivity index (χ2v) is 7.22. The topological polar surface area (TPSA) is 29.3 Å². The molecule has 0 radical (unpaired) electrons. The molecule has 1 aliphatic heterocycles. The Kier molecular flexibility index (Phi) is 4.46. The van der Waals surface area contributed by atoms with E-state index in [9.17, 15) is 0 Å². The van der Waals surface area contributed by atoms with E-state index < -0.39 is 0 Å². The standard InChI is InChI=1S/C15H26N2S/c1-4-15(3)7-9-17(10-8-15)13(11-16)14-6-5-12(2)18-14/h5-6,13H,4,7-11,16H2,1-3H3. The maximum absolute atomic E-state index is 6.01. The highest BCUT2D eigenvalue weighted by atomic mass is 32.1. The molecule has 2 heterocycles. The van der Waals surface area contributed by atoms with Gasteiger partial charge in [-0.2, -0.15) is 0 Å². The van der Waals surface area contributed by atoms with Gasteiger partial charge in [-0.1, -0.05) is 20.3 Å². The van der Waals surface area contributed by atoms with E-state index in [1.165, 1.54) is 42.1 Å². The van der Waals surface area contributed by atoms with Crippen molar-refractivity contribution >= 4 is 11.3 Å². The molecule has 0 amide bonds. The first-order valence-electron chi connectivity index (χ1n) is 7.08. The van der Waals surface area contributed by atoms with Gasteiger partial charge in [-0.15, -0.1) is 11.3 Å². The monoisotopic (exact) mass is 266 g/mol. The van der Waals surface area contributed by atoms with E-state index >= 15 is 0 Å². The van der Waals surface area contributed by atoms with Crippen molar-refractivity contribution in [1.82, 2.24) is 4.90 Å². The zero-order chi connectivity index (χ0) is 13.2. The Morgan fingerprint density at radius 3 is 2.50 bits per heavy atom. The molecule has 2 N–H and O–H groups in total. The molecule has 1 atom stereocenters. The molecule has 1 aromatic rings. The van der Waals surface area contributed by atoms with Gasteiger partial charge >= 0.3 is 0 Å². The summed E-state index contributed by atoms with van der Waals surface area (Å²) in [5.74, 6) is 0. The number of hydrogen-bond donors (Lipinski definition) is 1. The number of aryl methyl sites for hydroxylation is 1. The van der Waals surface area contributed by atoms with Crippen molar-refractivity contribution in [2.45, 2.75) is 46.1 Å². The summed E-state index contributed by atoms with van der Waals surface area (Å²) in [6.45, 7) is 10.1. The first kappa shape index (κ1) is 14.0. The summed E-state index contributed by atoms with van der Waals surface area (Å²) in [6, 6.07) is 4.90. The van der Waals surface area contributed by atoms with Crippen LogP contribution in [0, 0.1) is 12.3 Å². The van der Waals surface area contributed by atoms with Crippen molar-refractivity contribution in [3.63, 3.8) is 0 Å². The molecule has 0 spiro atoms. The lowest BCUT2D eigenvalue weighted by atomic mass is 9.78. The summed E-state index contributed by atoms with van der Waals surface area (Å²) in [6.07, 6.45) is 3.92. The predicted octanol–water partition coefficient (Wildman–Crippen LogP) is 3.57. The fourth-order valence-corrected chi connectivity index (χ4v) is 3.83. The number of rotatable bonds is 4. The predicted molar refractivity (Wildman–Crippen MR) is 80.1 cm³/mol. The van der Waals surface area contributed by atoms with Gasteiger partial charge in [0.1, 0.15) is 0 Å². The third kappa shape index (κ3) is 2.95. The Hall–Kier alpha value is -0.380. The maximum Gasteiger partial charge on any atom is 0.0564 e. The number of likely N-dealkylation sites (tertiary alicyclic amines) is 1. The van der Waals surface area contributed by atoms with Gasteiger partial charge in [0, 0.05) is 16.3 Å². The summed E-state index contributed by atoms with van der Waals surface area (Å²) in [5.41, 5.74) is 6.57. The average Bonchev–Trinajstić information content (AvgIpc) is 2.79. The van der Waals surface area contributed by atoms with Gasteiger partial charge in [-0.3, -0.25) is 4.90 Å². The minimum atomic E-state index is 0.435. The summed E-state index contributed by atoms with van der Waals surface area (Å²) in [5, 5.41) is 0. The minimum absolute atomic E-state index is 0.435. The molecule has 0 aliphatic carbocycles. The molecule has 0 aromatic carbocycles. The molecule has 1 fully saturated rings. The summed E-state index contributed by atoms with van der Waals surface area (Å²) in [4.78, 5) is 5.41. The highest BCUT2D eigenvalue weighted by Crippen LogP contribution is 2.37. The van der Waals surface area contributed by atoms with Crippen molar-refractivity contribution in [2.24, 2.45) is 11.1 Å². The molecule has 18 heavy (non-hydrogen) atoms. The third-order valence-electron chi connectivity index (χ3n) is 4.61. The molecule has 2 nitrogen and oxygen atoms in total. The number of piperidine rings is 1. The second-order valence-electron chi connectivity index (χ2n) is 5.90. The highest BCUT2D eigenvalue weighted by Gasteiger charge is 2.31. The third-order valence-corrected chi connectivity index (χ3v) is 5.71. The fraction of sp³-hybridized carbons (Fsp3) is 0.733. The first-order valence-corrected chi connectivity index (χ1v) is 7.90. The molecule has 1 aromatic heterocycles. The van der Waals surface area contributed by atoms with Crippen molar-refractivity contribution < 1.29 is 0 Å². The maximum atomic E-state index is 6.01. The zero-order valence-corrected chi connectivity index (χ0v) is 12.7. The summed E-state index contributed by atoms with van der Waals surface area (Å²) in [7, 11) is 0. The second kappa shape index (κ2) is 5.72. The van der Waals surface area contributed by atoms with Crippen LogP contribution in [0.15, 0.2) is 12.1 Å². The van der Waals surface area contributed by atoms with Gasteiger partial charge in [-0.25, -0.2) is 0 Å². The van der Waals surface area contributed by atoms with Crippen LogP contribution in [-0.4, -0.2) is 24.5 Å². The molecule has 1 saturated heterocycles. The average molecular weight is 266 g/mol. The number of thiophene rings is 1. The Morgan fingerprint density at radius 2 is 2.06 bits per heavy atom. The Bertz CT molecular complexity index is 378. The molecule has 0 saturated carbocycles. The molecular weight excluding hydrogens is 240 g/mol. The molecule has 102 valence electrons. The van der Waals surface area contributed by atoms with Crippen LogP contribution in [0.1, 0.15) is 48.9 Å². The van der Waals surface area contributed by atoms with Gasteiger partial charge < -0.3 is 5.73 Å². The van der Waals surface area contributed by atoms with Crippen molar-refractivity contribution in [1.29, 1.82) is 0 Å². The summed E-state index contributed by atoms with van der Waals surface area (Å²) >= 11 is 1.90. The Morgan fingerprint density at radius 1 is 1.39 bits per heavy atom. The zero-order valence-electron chi connectivity index (χ0n) is 11.9. The van der Waals surface area contributed by atoms with E-state index in [0.717, 1.165) is 6.54 Å². The largest absolute Gasteiger partial charge is 0.329 e. The van der Waals surface area contributed by atoms with E-state index in [4.69, 9.17) is 5.73 Å². The quantitative estimate of drug-likeness (QED) is 0.902. The number of hydrogen-bond acceptors (Lipinski definition) is 3. The van der Waals surface area contributed by atoms with E-state index in [-0.39, 0.29) is 0 Å². The van der Waals surface area contributed by atoms with Gasteiger partial charge in [0.05, 0.1) is 6.04 Å². The fourth-order valence-electron chi connectivity index (χ4n) is 2.81. The summed E-state index contributed by atoms with van der Waals surface area (Å²) < 4.78 is 0. The highest BCUT2D eigenvalue weighted by molar-refractivity contribution is 7.12. The van der Waals surface area contributed by atoms with Crippen LogP contribution in [0.2, 0.25) is 0 Å². The van der Waals surface area contributed by atoms with Gasteiger partial charge in [0.25, 0.3) is 0 Å². The molecular formula is C15H26N2S. The minimum Gasteiger partial charge on any atom is -0.329 e. The van der Waals surface area contributed by atoms with Gasteiger partial charge in [0.15, 0.2) is 0 Å². The first-order chi connectivity index (χ1) is 8.58. The van der Waals surface area contributed by atoms with E-state index in [1.807, 2.05) is 11.3 Å². The van der Waals surface area contributed by atoms with Crippen molar-refractivity contribution in [3.8, 4) is 0 Å². The van der Waals surface area contributed by atoms with Crippen LogP contribution in [0.4, 0.5) is 0 Å². The van der Waals surface area contributed by atoms with Crippen LogP contribution in [0.25, 0.3) is 0 Å². The molecule has 2 rings (SSSR count). The van der Waals surface area contributed by atoms with E-state index in [0.29, 0.717) is 11.5 Å². The molecule has 0 bridgehead atoms. The van der Waals surface area contributed by atoms with Crippen LogP contribution >= 0.6 is 11.3 Å². The molecule has 1 unspecified atom stereocenters. The van der Waals surface area contributed by atoms with Crippen molar-refractivity contribution in [3.05, 3.63) is 21.9 Å².